The predicted molar refractivity (Wildman–Crippen MR) is 106 cm³/mol. The monoisotopic (exact) mass is 386 g/mol. The molecular weight excluding hydrogens is 364 g/mol. The molecule has 0 bridgehead atoms. The Labute approximate surface area is 162 Å². The van der Waals surface area contributed by atoms with E-state index in [0.717, 1.165) is 11.5 Å². The lowest BCUT2D eigenvalue weighted by Gasteiger charge is -2.11. The van der Waals surface area contributed by atoms with Crippen LogP contribution in [0.5, 0.6) is 5.75 Å². The van der Waals surface area contributed by atoms with Gasteiger partial charge in [0.1, 0.15) is 12.1 Å². The van der Waals surface area contributed by atoms with Gasteiger partial charge in [-0.1, -0.05) is 29.5 Å². The van der Waals surface area contributed by atoms with Gasteiger partial charge in [-0.25, -0.2) is 4.98 Å². The molecule has 0 unspecified atom stereocenters. The summed E-state index contributed by atoms with van der Waals surface area (Å²) >= 11 is 1.51. The molecule has 0 aliphatic rings. The maximum absolute atomic E-state index is 5.72. The first-order valence-electron chi connectivity index (χ1n) is 8.40. The van der Waals surface area contributed by atoms with Crippen molar-refractivity contribution in [2.24, 2.45) is 0 Å². The Hall–Kier alpha value is -2.88. The number of anilines is 2. The van der Waals surface area contributed by atoms with Crippen LogP contribution in [-0.4, -0.2) is 63.2 Å². The predicted octanol–water partition coefficient (Wildman–Crippen LogP) is 2.04. The highest BCUT2D eigenvalue weighted by Crippen LogP contribution is 2.16. The first kappa shape index (κ1) is 18.9. The van der Waals surface area contributed by atoms with Crippen LogP contribution in [0.1, 0.15) is 5.56 Å². The van der Waals surface area contributed by atoms with E-state index >= 15 is 0 Å². The van der Waals surface area contributed by atoms with Crippen LogP contribution in [0.25, 0.3) is 5.95 Å². The van der Waals surface area contributed by atoms with Gasteiger partial charge in [0, 0.05) is 26.9 Å². The van der Waals surface area contributed by atoms with Crippen molar-refractivity contribution in [1.82, 2.24) is 29.7 Å². The summed E-state index contributed by atoms with van der Waals surface area (Å²) in [5.41, 5.74) is 1.21. The van der Waals surface area contributed by atoms with E-state index in [0.29, 0.717) is 29.6 Å². The fourth-order valence-corrected chi connectivity index (χ4v) is 2.72. The zero-order valence-electron chi connectivity index (χ0n) is 15.7. The molecule has 142 valence electrons. The molecule has 0 aliphatic carbocycles. The van der Waals surface area contributed by atoms with Gasteiger partial charge in [0.2, 0.25) is 17.1 Å². The molecule has 0 radical (unpaired) electrons. The third-order valence-corrected chi connectivity index (χ3v) is 4.33. The van der Waals surface area contributed by atoms with Gasteiger partial charge in [0.25, 0.3) is 5.95 Å². The summed E-state index contributed by atoms with van der Waals surface area (Å²) in [6.07, 6.45) is 1.59. The second-order valence-corrected chi connectivity index (χ2v) is 6.95. The maximum atomic E-state index is 5.72. The van der Waals surface area contributed by atoms with Crippen molar-refractivity contribution in [3.05, 3.63) is 36.2 Å². The lowest BCUT2D eigenvalue weighted by molar-refractivity contribution is 0.344. The van der Waals surface area contributed by atoms with Crippen LogP contribution in [0, 0.1) is 6.92 Å². The van der Waals surface area contributed by atoms with Gasteiger partial charge in [-0.2, -0.15) is 19.6 Å². The highest BCUT2D eigenvalue weighted by molar-refractivity contribution is 7.99. The third kappa shape index (κ3) is 5.07. The molecule has 3 rings (SSSR count). The topological polar surface area (TPSA) is 93.9 Å². The van der Waals surface area contributed by atoms with E-state index in [1.807, 2.05) is 38.4 Å². The summed E-state index contributed by atoms with van der Waals surface area (Å²) in [7, 11) is 5.50. The van der Waals surface area contributed by atoms with E-state index < -0.39 is 0 Å². The Morgan fingerprint density at radius 1 is 1.15 bits per heavy atom. The van der Waals surface area contributed by atoms with E-state index in [1.54, 1.807) is 23.0 Å². The normalized spacial score (nSPS) is 10.7. The minimum Gasteiger partial charge on any atom is -0.493 e. The summed E-state index contributed by atoms with van der Waals surface area (Å²) in [5.74, 6) is 3.02. The molecule has 10 heteroatoms. The third-order valence-electron chi connectivity index (χ3n) is 3.52. The molecular formula is C17H22N8OS. The van der Waals surface area contributed by atoms with Crippen molar-refractivity contribution in [3.8, 4) is 11.7 Å². The van der Waals surface area contributed by atoms with Gasteiger partial charge in [0.05, 0.1) is 6.61 Å². The number of nitrogens with zero attached hydrogens (tertiary/aromatic N) is 7. The average molecular weight is 386 g/mol. The quantitative estimate of drug-likeness (QED) is 0.461. The van der Waals surface area contributed by atoms with Gasteiger partial charge in [-0.3, -0.25) is 0 Å². The average Bonchev–Trinajstić information content (AvgIpc) is 3.15. The second kappa shape index (κ2) is 8.67. The van der Waals surface area contributed by atoms with Gasteiger partial charge in [-0.15, -0.1) is 5.10 Å². The van der Waals surface area contributed by atoms with E-state index in [2.05, 4.69) is 37.3 Å². The number of rotatable bonds is 8. The van der Waals surface area contributed by atoms with Crippen molar-refractivity contribution in [3.63, 3.8) is 0 Å². The lowest BCUT2D eigenvalue weighted by Crippen LogP contribution is -2.17. The number of benzene rings is 1. The summed E-state index contributed by atoms with van der Waals surface area (Å²) in [5, 5.41) is 7.99. The van der Waals surface area contributed by atoms with Gasteiger partial charge in [-0.05, 0) is 19.1 Å². The summed E-state index contributed by atoms with van der Waals surface area (Å²) in [6.45, 7) is 2.62. The van der Waals surface area contributed by atoms with Crippen LogP contribution < -0.4 is 15.0 Å². The summed E-state index contributed by atoms with van der Waals surface area (Å²) in [4.78, 5) is 19.1. The Kier molecular flexibility index (Phi) is 6.07. The fraction of sp³-hybridized carbons (Fsp3) is 0.353. The van der Waals surface area contributed by atoms with Crippen molar-refractivity contribution in [1.29, 1.82) is 0 Å². The highest BCUT2D eigenvalue weighted by atomic mass is 32.2. The Bertz CT molecular complexity index is 881. The number of thioether (sulfide) groups is 1. The fourth-order valence-electron chi connectivity index (χ4n) is 2.11. The molecule has 0 aliphatic heterocycles. The number of hydrogen-bond acceptors (Lipinski definition) is 9. The second-order valence-electron chi connectivity index (χ2n) is 5.89. The molecule has 3 aromatic rings. The molecule has 0 amide bonds. The molecule has 1 N–H and O–H groups in total. The zero-order chi connectivity index (χ0) is 19.2. The Morgan fingerprint density at radius 2 is 1.93 bits per heavy atom. The molecule has 0 atom stereocenters. The van der Waals surface area contributed by atoms with Crippen LogP contribution in [-0.2, 0) is 0 Å². The lowest BCUT2D eigenvalue weighted by atomic mass is 10.2. The molecule has 1 aromatic carbocycles. The van der Waals surface area contributed by atoms with Crippen molar-refractivity contribution >= 4 is 23.7 Å². The van der Waals surface area contributed by atoms with Crippen LogP contribution in [0.4, 0.5) is 11.9 Å². The van der Waals surface area contributed by atoms with E-state index in [1.165, 1.54) is 17.3 Å². The minimum absolute atomic E-state index is 0.410. The number of ether oxygens (including phenoxy) is 1. The molecule has 27 heavy (non-hydrogen) atoms. The number of nitrogens with one attached hydrogen (secondary N) is 1. The molecule has 0 saturated carbocycles. The van der Waals surface area contributed by atoms with Crippen molar-refractivity contribution in [2.75, 3.05) is 43.7 Å². The van der Waals surface area contributed by atoms with Gasteiger partial charge in [0.15, 0.2) is 0 Å². The number of hydrogen-bond donors (Lipinski definition) is 1. The van der Waals surface area contributed by atoms with Gasteiger partial charge < -0.3 is 15.0 Å². The van der Waals surface area contributed by atoms with Crippen molar-refractivity contribution < 1.29 is 4.74 Å². The van der Waals surface area contributed by atoms with E-state index in [4.69, 9.17) is 4.74 Å². The zero-order valence-corrected chi connectivity index (χ0v) is 16.6. The molecule has 0 saturated heterocycles. The Balaban J connectivity index is 1.59. The molecule has 2 heterocycles. The molecule has 0 fully saturated rings. The maximum Gasteiger partial charge on any atom is 0.258 e. The van der Waals surface area contributed by atoms with Crippen molar-refractivity contribution in [2.45, 2.75) is 12.1 Å². The SMILES string of the molecule is CNc1nc(N(C)C)nc(-n2cnc(SCCOc3ccc(C)cc3)n2)n1. The van der Waals surface area contributed by atoms with Crippen LogP contribution >= 0.6 is 11.8 Å². The van der Waals surface area contributed by atoms with Gasteiger partial charge >= 0.3 is 0 Å². The molecule has 2 aromatic heterocycles. The standard InChI is InChI=1S/C17H22N8OS/c1-12-5-7-13(8-6-12)26-9-10-27-17-19-11-25(23-17)16-21-14(18-2)20-15(22-16)24(3)4/h5-8,11H,9-10H2,1-4H3,(H,18,20,21,22). The molecule has 0 spiro atoms. The van der Waals surface area contributed by atoms with Crippen LogP contribution in [0.2, 0.25) is 0 Å². The smallest absolute Gasteiger partial charge is 0.258 e. The van der Waals surface area contributed by atoms with Crippen LogP contribution in [0.3, 0.4) is 0 Å². The minimum atomic E-state index is 0.410. The van der Waals surface area contributed by atoms with Crippen LogP contribution in [0.15, 0.2) is 35.7 Å². The first-order chi connectivity index (χ1) is 13.0. The highest BCUT2D eigenvalue weighted by Gasteiger charge is 2.11. The van der Waals surface area contributed by atoms with E-state index in [-0.39, 0.29) is 0 Å². The molecule has 9 nitrogen and oxygen atoms in total. The summed E-state index contributed by atoms with van der Waals surface area (Å²) in [6, 6.07) is 7.99. The number of aromatic nitrogens is 6. The summed E-state index contributed by atoms with van der Waals surface area (Å²) < 4.78 is 7.26. The number of aryl methyl sites for hydroxylation is 1. The van der Waals surface area contributed by atoms with E-state index in [9.17, 15) is 0 Å². The first-order valence-corrected chi connectivity index (χ1v) is 9.39. The Morgan fingerprint density at radius 3 is 2.63 bits per heavy atom. The largest absolute Gasteiger partial charge is 0.493 e.